The zero-order chi connectivity index (χ0) is 11.1. The molecule has 0 saturated heterocycles. The fourth-order valence-electron chi connectivity index (χ4n) is 1.21. The minimum atomic E-state index is -0.158. The Morgan fingerprint density at radius 2 is 2.40 bits per heavy atom. The molecule has 1 amide bonds. The number of furan rings is 1. The van der Waals surface area contributed by atoms with Crippen molar-refractivity contribution >= 4 is 5.91 Å². The maximum atomic E-state index is 11.5. The molecule has 1 rings (SSSR count). The molecule has 0 aromatic carbocycles. The number of carbonyl (C=O) groups is 1. The Morgan fingerprint density at radius 1 is 1.60 bits per heavy atom. The van der Waals surface area contributed by atoms with Gasteiger partial charge in [0.2, 0.25) is 0 Å². The topological polar surface area (TPSA) is 51.5 Å². The van der Waals surface area contributed by atoms with Crippen molar-refractivity contribution in [1.29, 1.82) is 0 Å². The van der Waals surface area contributed by atoms with E-state index < -0.39 is 0 Å². The second-order valence-electron chi connectivity index (χ2n) is 3.24. The molecule has 15 heavy (non-hydrogen) atoms. The first-order valence-electron chi connectivity index (χ1n) is 5.15. The van der Waals surface area contributed by atoms with E-state index >= 15 is 0 Å². The standard InChI is InChI=1S/C11H17NO3/c1-3-14-7-4-6-12-11(13)10-9(2)5-8-15-10/h5,8H,3-4,6-7H2,1-2H3,(H,12,13). The summed E-state index contributed by atoms with van der Waals surface area (Å²) >= 11 is 0. The third-order valence-electron chi connectivity index (χ3n) is 2.02. The van der Waals surface area contributed by atoms with E-state index in [1.165, 1.54) is 6.26 Å². The molecule has 0 aliphatic heterocycles. The first-order chi connectivity index (χ1) is 7.25. The monoisotopic (exact) mass is 211 g/mol. The molecule has 0 spiro atoms. The van der Waals surface area contributed by atoms with Crippen LogP contribution in [-0.4, -0.2) is 25.7 Å². The summed E-state index contributed by atoms with van der Waals surface area (Å²) in [5.74, 6) is 0.236. The third kappa shape index (κ3) is 3.75. The highest BCUT2D eigenvalue weighted by molar-refractivity contribution is 5.92. The molecule has 0 fully saturated rings. The van der Waals surface area contributed by atoms with E-state index in [1.54, 1.807) is 6.07 Å². The zero-order valence-corrected chi connectivity index (χ0v) is 9.21. The van der Waals surface area contributed by atoms with Gasteiger partial charge in [0.25, 0.3) is 5.91 Å². The molecule has 0 bridgehead atoms. The molecule has 0 atom stereocenters. The number of hydrogen-bond donors (Lipinski definition) is 1. The number of carbonyl (C=O) groups excluding carboxylic acids is 1. The lowest BCUT2D eigenvalue weighted by molar-refractivity contribution is 0.0916. The molecule has 0 radical (unpaired) electrons. The SMILES string of the molecule is CCOCCCNC(=O)c1occc1C. The molecule has 1 heterocycles. The lowest BCUT2D eigenvalue weighted by Gasteiger charge is -2.03. The number of rotatable bonds is 6. The number of ether oxygens (including phenoxy) is 1. The van der Waals surface area contributed by atoms with Gasteiger partial charge < -0.3 is 14.5 Å². The Morgan fingerprint density at radius 3 is 3.00 bits per heavy atom. The highest BCUT2D eigenvalue weighted by atomic mass is 16.5. The number of hydrogen-bond acceptors (Lipinski definition) is 3. The van der Waals surface area contributed by atoms with Gasteiger partial charge in [-0.05, 0) is 26.3 Å². The number of nitrogens with one attached hydrogen (secondary N) is 1. The molecule has 1 aromatic rings. The largest absolute Gasteiger partial charge is 0.459 e. The lowest BCUT2D eigenvalue weighted by atomic mass is 10.2. The molecular weight excluding hydrogens is 194 g/mol. The molecule has 0 saturated carbocycles. The van der Waals surface area contributed by atoms with Gasteiger partial charge in [0, 0.05) is 25.3 Å². The van der Waals surface area contributed by atoms with Gasteiger partial charge in [-0.3, -0.25) is 4.79 Å². The first-order valence-corrected chi connectivity index (χ1v) is 5.15. The van der Waals surface area contributed by atoms with Crippen LogP contribution in [0.25, 0.3) is 0 Å². The van der Waals surface area contributed by atoms with E-state index in [0.29, 0.717) is 25.5 Å². The maximum Gasteiger partial charge on any atom is 0.287 e. The van der Waals surface area contributed by atoms with Gasteiger partial charge in [-0.25, -0.2) is 0 Å². The van der Waals surface area contributed by atoms with Crippen molar-refractivity contribution in [3.8, 4) is 0 Å². The second-order valence-corrected chi connectivity index (χ2v) is 3.24. The van der Waals surface area contributed by atoms with Crippen LogP contribution >= 0.6 is 0 Å². The van der Waals surface area contributed by atoms with Crippen LogP contribution in [0, 0.1) is 6.92 Å². The number of aryl methyl sites for hydroxylation is 1. The van der Waals surface area contributed by atoms with Crippen molar-refractivity contribution in [1.82, 2.24) is 5.32 Å². The first kappa shape index (κ1) is 11.8. The average molecular weight is 211 g/mol. The molecule has 0 aliphatic rings. The Labute approximate surface area is 89.6 Å². The van der Waals surface area contributed by atoms with Gasteiger partial charge in [-0.15, -0.1) is 0 Å². The van der Waals surface area contributed by atoms with E-state index in [4.69, 9.17) is 9.15 Å². The van der Waals surface area contributed by atoms with Crippen molar-refractivity contribution in [2.45, 2.75) is 20.3 Å². The van der Waals surface area contributed by atoms with Crippen molar-refractivity contribution in [3.05, 3.63) is 23.7 Å². The van der Waals surface area contributed by atoms with Gasteiger partial charge >= 0.3 is 0 Å². The van der Waals surface area contributed by atoms with Gasteiger partial charge in [0.1, 0.15) is 0 Å². The minimum Gasteiger partial charge on any atom is -0.459 e. The quantitative estimate of drug-likeness (QED) is 0.729. The summed E-state index contributed by atoms with van der Waals surface area (Å²) in [6, 6.07) is 1.77. The predicted molar refractivity (Wildman–Crippen MR) is 56.9 cm³/mol. The van der Waals surface area contributed by atoms with Gasteiger partial charge in [0.15, 0.2) is 5.76 Å². The second kappa shape index (κ2) is 6.24. The molecule has 1 aromatic heterocycles. The smallest absolute Gasteiger partial charge is 0.287 e. The van der Waals surface area contributed by atoms with Gasteiger partial charge in [-0.1, -0.05) is 0 Å². The molecule has 84 valence electrons. The van der Waals surface area contributed by atoms with Crippen LogP contribution in [0.4, 0.5) is 0 Å². The Hall–Kier alpha value is -1.29. The van der Waals surface area contributed by atoms with Crippen LogP contribution in [-0.2, 0) is 4.74 Å². The molecular formula is C11H17NO3. The summed E-state index contributed by atoms with van der Waals surface area (Å²) in [4.78, 5) is 11.5. The normalized spacial score (nSPS) is 10.3. The van der Waals surface area contributed by atoms with Crippen LogP contribution < -0.4 is 5.32 Å². The fourth-order valence-corrected chi connectivity index (χ4v) is 1.21. The van der Waals surface area contributed by atoms with Crippen LogP contribution in [0.15, 0.2) is 16.7 Å². The molecule has 0 aliphatic carbocycles. The Balaban J connectivity index is 2.22. The summed E-state index contributed by atoms with van der Waals surface area (Å²) in [6.45, 7) is 5.79. The average Bonchev–Trinajstić information content (AvgIpc) is 2.64. The summed E-state index contributed by atoms with van der Waals surface area (Å²) < 4.78 is 10.2. The van der Waals surface area contributed by atoms with Crippen LogP contribution in [0.3, 0.4) is 0 Å². The van der Waals surface area contributed by atoms with Gasteiger partial charge in [0.05, 0.1) is 6.26 Å². The molecule has 4 nitrogen and oxygen atoms in total. The predicted octanol–water partition coefficient (Wildman–Crippen LogP) is 1.74. The molecule has 4 heteroatoms. The summed E-state index contributed by atoms with van der Waals surface area (Å²) in [7, 11) is 0. The van der Waals surface area contributed by atoms with E-state index in [0.717, 1.165) is 12.0 Å². The van der Waals surface area contributed by atoms with E-state index in [2.05, 4.69) is 5.32 Å². The zero-order valence-electron chi connectivity index (χ0n) is 9.21. The Bertz CT molecular complexity index is 307. The van der Waals surface area contributed by atoms with Crippen molar-refractivity contribution < 1.29 is 13.9 Å². The molecule has 0 unspecified atom stereocenters. The lowest BCUT2D eigenvalue weighted by Crippen LogP contribution is -2.25. The summed E-state index contributed by atoms with van der Waals surface area (Å²) in [6.07, 6.45) is 2.34. The van der Waals surface area contributed by atoms with E-state index in [-0.39, 0.29) is 5.91 Å². The highest BCUT2D eigenvalue weighted by Gasteiger charge is 2.10. The maximum absolute atomic E-state index is 11.5. The minimum absolute atomic E-state index is 0.158. The fraction of sp³-hybridized carbons (Fsp3) is 0.545. The molecule has 1 N–H and O–H groups in total. The third-order valence-corrected chi connectivity index (χ3v) is 2.02. The highest BCUT2D eigenvalue weighted by Crippen LogP contribution is 2.07. The van der Waals surface area contributed by atoms with Crippen molar-refractivity contribution in [3.63, 3.8) is 0 Å². The summed E-state index contributed by atoms with van der Waals surface area (Å²) in [5, 5.41) is 2.77. The Kier molecular flexibility index (Phi) is 4.90. The van der Waals surface area contributed by atoms with E-state index in [1.807, 2.05) is 13.8 Å². The van der Waals surface area contributed by atoms with Crippen LogP contribution in [0.2, 0.25) is 0 Å². The van der Waals surface area contributed by atoms with Crippen LogP contribution in [0.1, 0.15) is 29.5 Å². The van der Waals surface area contributed by atoms with E-state index in [9.17, 15) is 4.79 Å². The van der Waals surface area contributed by atoms with Gasteiger partial charge in [-0.2, -0.15) is 0 Å². The van der Waals surface area contributed by atoms with Crippen molar-refractivity contribution in [2.75, 3.05) is 19.8 Å². The van der Waals surface area contributed by atoms with Crippen LogP contribution in [0.5, 0.6) is 0 Å². The number of amides is 1. The van der Waals surface area contributed by atoms with Crippen molar-refractivity contribution in [2.24, 2.45) is 0 Å². The summed E-state index contributed by atoms with van der Waals surface area (Å²) in [5.41, 5.74) is 0.859.